The summed E-state index contributed by atoms with van der Waals surface area (Å²) in [7, 11) is 3.05. The number of amides is 1. The van der Waals surface area contributed by atoms with Crippen LogP contribution in [0.3, 0.4) is 0 Å². The summed E-state index contributed by atoms with van der Waals surface area (Å²) >= 11 is 0.698. The minimum Gasteiger partial charge on any atom is -0.467 e. The van der Waals surface area contributed by atoms with Gasteiger partial charge < -0.3 is 20.7 Å². The number of methoxy groups -OCH3 is 1. The molecule has 0 aliphatic carbocycles. The molecule has 0 bridgehead atoms. The third-order valence-electron chi connectivity index (χ3n) is 9.73. The first kappa shape index (κ1) is 39.5. The Morgan fingerprint density at radius 2 is 1.89 bits per heavy atom. The van der Waals surface area contributed by atoms with Crippen LogP contribution in [0.15, 0.2) is 30.5 Å². The zero-order chi connectivity index (χ0) is 39.6. The molecule has 2 aromatic carbocycles. The number of nitrogens with two attached hydrogens (primary N) is 1. The van der Waals surface area contributed by atoms with Gasteiger partial charge in [0.25, 0.3) is 5.91 Å². The summed E-state index contributed by atoms with van der Waals surface area (Å²) in [6.07, 6.45) is 1.86. The maximum absolute atomic E-state index is 15.9. The molecule has 3 aliphatic heterocycles. The number of nitriles is 1. The first-order chi connectivity index (χ1) is 26.2. The lowest BCUT2D eigenvalue weighted by Gasteiger charge is -2.18. The summed E-state index contributed by atoms with van der Waals surface area (Å²) in [6, 6.07) is 6.51. The molecule has 11 nitrogen and oxygen atoms in total. The molecule has 3 N–H and O–H groups in total. The second kappa shape index (κ2) is 16.3. The van der Waals surface area contributed by atoms with Gasteiger partial charge in [0.1, 0.15) is 40.1 Å². The van der Waals surface area contributed by atoms with Crippen molar-refractivity contribution in [2.75, 3.05) is 50.9 Å². The number of aromatic nitrogens is 4. The van der Waals surface area contributed by atoms with Crippen LogP contribution in [-0.4, -0.2) is 87.5 Å². The lowest BCUT2D eigenvalue weighted by Crippen LogP contribution is -2.28. The van der Waals surface area contributed by atoms with E-state index in [0.29, 0.717) is 29.6 Å². The number of carbonyl (C=O) groups excluding carboxylic acids is 1. The molecule has 55 heavy (non-hydrogen) atoms. The van der Waals surface area contributed by atoms with Crippen LogP contribution >= 0.6 is 11.3 Å². The number of ether oxygens (including phenoxy) is 1. The Morgan fingerprint density at radius 1 is 1.15 bits per heavy atom. The van der Waals surface area contributed by atoms with Crippen molar-refractivity contribution in [3.8, 4) is 23.2 Å². The topological polar surface area (TPSA) is 138 Å². The van der Waals surface area contributed by atoms with Crippen molar-refractivity contribution in [1.82, 2.24) is 29.5 Å². The number of nitrogen functional groups attached to an aromatic ring is 1. The Labute approximate surface area is 316 Å². The Morgan fingerprint density at radius 3 is 2.51 bits per heavy atom. The van der Waals surface area contributed by atoms with E-state index in [0.717, 1.165) is 57.1 Å². The summed E-state index contributed by atoms with van der Waals surface area (Å²) in [6.45, 7) is 5.61. The molecular weight excluding hydrogens is 749 g/mol. The number of carbonyl (C=O) groups is 1. The van der Waals surface area contributed by atoms with E-state index >= 15 is 4.39 Å². The smallest absolute Gasteiger partial charge is 0.417 e. The molecule has 3 aromatic heterocycles. The van der Waals surface area contributed by atoms with Gasteiger partial charge in [0.2, 0.25) is 0 Å². The molecule has 6 heterocycles. The second-order valence-electron chi connectivity index (χ2n) is 13.3. The molecule has 5 aromatic rings. The zero-order valence-corrected chi connectivity index (χ0v) is 31.1. The number of likely N-dealkylation sites (tertiary alicyclic amines) is 1. The first-order valence-electron chi connectivity index (χ1n) is 17.7. The number of hydrogen-bond donors (Lipinski definition) is 2. The number of aryl methyl sites for hydroxylation is 1. The van der Waals surface area contributed by atoms with Gasteiger partial charge in [-0.2, -0.15) is 33.5 Å². The van der Waals surface area contributed by atoms with Crippen molar-refractivity contribution in [2.45, 2.75) is 57.4 Å². The molecule has 0 radical (unpaired) electrons. The Hall–Kier alpha value is -5.15. The molecule has 3 fully saturated rings. The highest BCUT2D eigenvalue weighted by atomic mass is 32.1. The van der Waals surface area contributed by atoms with Crippen LogP contribution in [0.5, 0.6) is 6.01 Å². The predicted molar refractivity (Wildman–Crippen MR) is 198 cm³/mol. The van der Waals surface area contributed by atoms with Gasteiger partial charge in [0, 0.05) is 61.8 Å². The fraction of sp³-hybridized carbons (Fsp3) is 0.432. The van der Waals surface area contributed by atoms with Crippen LogP contribution in [0.4, 0.5) is 37.2 Å². The van der Waals surface area contributed by atoms with Gasteiger partial charge >= 0.3 is 12.2 Å². The van der Waals surface area contributed by atoms with E-state index in [2.05, 4.69) is 25.3 Å². The van der Waals surface area contributed by atoms with Gasteiger partial charge in [-0.3, -0.25) is 14.4 Å². The van der Waals surface area contributed by atoms with Crippen molar-refractivity contribution in [2.24, 2.45) is 7.05 Å². The molecule has 18 heteroatoms. The standard InChI is InChI=1S/C21H14F5N5OS.C9H13N3O.C7H12FN/c1-3-29-19-9-6-11(21(24,25)26)14(15(23)16(9)30-20(31-19)32-2)8-4-5-12(22)17-13(8)10(7-27)18(28)33-17;1-11-7-4-8(10-11)9(13)12-5-2-3-6-12;8-6-4-7-2-1-3-9(7)5-6/h4-6H,3,28H2,1-2H3,(H,29,30,31);4,7H,2-3,5-6H2,1H3;6-7H,1-5H2. The number of nitrogens with one attached hydrogen (secondary N) is 1. The number of fused-ring (bicyclic) bond motifs is 3. The van der Waals surface area contributed by atoms with E-state index in [4.69, 9.17) is 10.5 Å². The first-order valence-corrected chi connectivity index (χ1v) is 18.5. The summed E-state index contributed by atoms with van der Waals surface area (Å²) in [4.78, 5) is 23.8. The lowest BCUT2D eigenvalue weighted by atomic mass is 9.92. The molecule has 2 unspecified atom stereocenters. The number of benzene rings is 2. The molecule has 0 spiro atoms. The number of halogens is 6. The summed E-state index contributed by atoms with van der Waals surface area (Å²) in [5, 5.41) is 15.9. The van der Waals surface area contributed by atoms with Crippen LogP contribution in [0, 0.1) is 23.0 Å². The fourth-order valence-electron chi connectivity index (χ4n) is 7.23. The van der Waals surface area contributed by atoms with Crippen molar-refractivity contribution in [3.05, 3.63) is 58.9 Å². The van der Waals surface area contributed by atoms with E-state index in [-0.39, 0.29) is 55.9 Å². The van der Waals surface area contributed by atoms with Crippen molar-refractivity contribution in [3.63, 3.8) is 0 Å². The number of anilines is 2. The number of alkyl halides is 4. The summed E-state index contributed by atoms with van der Waals surface area (Å²) < 4.78 is 91.9. The van der Waals surface area contributed by atoms with Crippen LogP contribution in [-0.2, 0) is 13.2 Å². The highest BCUT2D eigenvalue weighted by molar-refractivity contribution is 7.23. The van der Waals surface area contributed by atoms with Gasteiger partial charge in [-0.15, -0.1) is 11.3 Å². The summed E-state index contributed by atoms with van der Waals surface area (Å²) in [5.41, 5.74) is 3.15. The van der Waals surface area contributed by atoms with E-state index in [1.54, 1.807) is 29.9 Å². The van der Waals surface area contributed by atoms with Gasteiger partial charge in [-0.05, 0) is 69.3 Å². The van der Waals surface area contributed by atoms with E-state index < -0.39 is 40.6 Å². The van der Waals surface area contributed by atoms with E-state index in [1.165, 1.54) is 20.0 Å². The lowest BCUT2D eigenvalue weighted by molar-refractivity contribution is -0.137. The van der Waals surface area contributed by atoms with Gasteiger partial charge in [0.15, 0.2) is 5.82 Å². The maximum Gasteiger partial charge on any atom is 0.417 e. The van der Waals surface area contributed by atoms with Crippen LogP contribution in [0.25, 0.3) is 32.1 Å². The number of rotatable bonds is 5. The average Bonchev–Trinajstić information content (AvgIpc) is 3.99. The molecule has 3 saturated heterocycles. The van der Waals surface area contributed by atoms with Gasteiger partial charge in [-0.25, -0.2) is 13.2 Å². The molecular formula is C37H39F6N9O2S. The maximum atomic E-state index is 15.9. The highest BCUT2D eigenvalue weighted by Crippen LogP contribution is 2.47. The quantitative estimate of drug-likeness (QED) is 0.173. The highest BCUT2D eigenvalue weighted by Gasteiger charge is 2.38. The number of thiophene rings is 1. The number of hydrogen-bond acceptors (Lipinski definition) is 10. The minimum absolute atomic E-state index is 0.0444. The molecule has 8 rings (SSSR count). The Balaban J connectivity index is 0.000000187. The molecule has 2 atom stereocenters. The number of nitrogens with zero attached hydrogens (tertiary/aromatic N) is 7. The van der Waals surface area contributed by atoms with Crippen LogP contribution in [0.2, 0.25) is 0 Å². The Bertz CT molecular complexity index is 2230. The van der Waals surface area contributed by atoms with Crippen molar-refractivity contribution < 1.29 is 35.9 Å². The van der Waals surface area contributed by atoms with Gasteiger partial charge in [0.05, 0.1) is 22.9 Å². The van der Waals surface area contributed by atoms with Crippen molar-refractivity contribution >= 4 is 49.1 Å². The van der Waals surface area contributed by atoms with E-state index in [9.17, 15) is 32.0 Å². The van der Waals surface area contributed by atoms with Crippen LogP contribution < -0.4 is 15.8 Å². The molecule has 292 valence electrons. The predicted octanol–water partition coefficient (Wildman–Crippen LogP) is 7.55. The monoisotopic (exact) mass is 787 g/mol. The van der Waals surface area contributed by atoms with Gasteiger partial charge in [-0.1, -0.05) is 6.07 Å². The van der Waals surface area contributed by atoms with E-state index in [1.807, 2.05) is 11.9 Å². The normalized spacial score (nSPS) is 18.1. The van der Waals surface area contributed by atoms with Crippen LogP contribution in [0.1, 0.15) is 60.6 Å². The average molecular weight is 788 g/mol. The third-order valence-corrected chi connectivity index (χ3v) is 10.8. The Kier molecular flexibility index (Phi) is 11.7. The third kappa shape index (κ3) is 8.13. The zero-order valence-electron chi connectivity index (χ0n) is 30.3. The minimum atomic E-state index is -5.00. The van der Waals surface area contributed by atoms with Crippen molar-refractivity contribution in [1.29, 1.82) is 5.26 Å². The largest absolute Gasteiger partial charge is 0.467 e. The fourth-order valence-corrected chi connectivity index (χ4v) is 8.18. The molecule has 1 amide bonds. The SMILES string of the molecule is CCNc1nc(OC)nc2c(F)c(-c3ccc(F)c4sc(N)c(C#N)c34)c(C(F)(F)F)cc12.Cn1ccc(C(=O)N2CCCC2)n1.FC1CC2CCCN2C1. The molecule has 0 saturated carbocycles. The summed E-state index contributed by atoms with van der Waals surface area (Å²) in [5.74, 6) is -2.09. The molecule has 3 aliphatic rings. The second-order valence-corrected chi connectivity index (χ2v) is 14.4.